The summed E-state index contributed by atoms with van der Waals surface area (Å²) in [5.74, 6) is 0.427. The smallest absolute Gasteiger partial charge is 0.123 e. The Morgan fingerprint density at radius 1 is 1.17 bits per heavy atom. The Morgan fingerprint density at radius 3 is 2.25 bits per heavy atom. The van der Waals surface area contributed by atoms with Crippen LogP contribution in [0.15, 0.2) is 30.3 Å². The van der Waals surface area contributed by atoms with Crippen molar-refractivity contribution in [2.75, 3.05) is 0 Å². The molecule has 64 valence electrons. The monoisotopic (exact) mass is 162 g/mol. The molecule has 0 heterocycles. The number of benzene rings is 1. The Hall–Kier alpha value is -1.11. The van der Waals surface area contributed by atoms with Crippen LogP contribution < -0.4 is 0 Å². The first-order valence-electron chi connectivity index (χ1n) is 4.26. The fourth-order valence-electron chi connectivity index (χ4n) is 1.18. The summed E-state index contributed by atoms with van der Waals surface area (Å²) in [6.45, 7) is 4.03. The molecule has 12 heavy (non-hydrogen) atoms. The van der Waals surface area contributed by atoms with Crippen LogP contribution in [0.3, 0.4) is 0 Å². The number of hydrogen-bond acceptors (Lipinski definition) is 1. The maximum absolute atomic E-state index is 10.5. The minimum Gasteiger partial charge on any atom is -0.303 e. The predicted molar refractivity (Wildman–Crippen MR) is 50.1 cm³/mol. The fraction of sp³-hybridized carbons (Fsp3) is 0.364. The number of hydrogen-bond donors (Lipinski definition) is 0. The molecule has 0 spiro atoms. The quantitative estimate of drug-likeness (QED) is 0.624. The molecule has 2 atom stereocenters. The first kappa shape index (κ1) is 8.98. The molecule has 1 heteroatoms. The van der Waals surface area contributed by atoms with Crippen LogP contribution >= 0.6 is 0 Å². The molecule has 0 radical (unpaired) electrons. The number of aldehydes is 1. The Kier molecular flexibility index (Phi) is 3.03. The van der Waals surface area contributed by atoms with Crippen molar-refractivity contribution in [1.29, 1.82) is 0 Å². The highest BCUT2D eigenvalue weighted by Crippen LogP contribution is 2.21. The van der Waals surface area contributed by atoms with Crippen LogP contribution in [-0.4, -0.2) is 6.29 Å². The molecule has 0 aliphatic rings. The maximum Gasteiger partial charge on any atom is 0.123 e. The zero-order valence-corrected chi connectivity index (χ0v) is 7.53. The van der Waals surface area contributed by atoms with E-state index in [2.05, 4.69) is 19.1 Å². The average Bonchev–Trinajstić information content (AvgIpc) is 2.17. The van der Waals surface area contributed by atoms with Gasteiger partial charge in [0.25, 0.3) is 0 Å². The topological polar surface area (TPSA) is 17.1 Å². The summed E-state index contributed by atoms with van der Waals surface area (Å²) in [7, 11) is 0. The Labute approximate surface area is 73.4 Å². The second-order valence-corrected chi connectivity index (χ2v) is 3.19. The van der Waals surface area contributed by atoms with Gasteiger partial charge in [-0.25, -0.2) is 0 Å². The van der Waals surface area contributed by atoms with E-state index in [1.807, 2.05) is 25.1 Å². The zero-order valence-electron chi connectivity index (χ0n) is 7.53. The highest BCUT2D eigenvalue weighted by molar-refractivity contribution is 5.55. The van der Waals surface area contributed by atoms with Crippen LogP contribution in [0.25, 0.3) is 0 Å². The molecule has 1 aromatic carbocycles. The van der Waals surface area contributed by atoms with Gasteiger partial charge < -0.3 is 4.79 Å². The van der Waals surface area contributed by atoms with Crippen LogP contribution in [0.1, 0.15) is 25.3 Å². The predicted octanol–water partition coefficient (Wildman–Crippen LogP) is 2.63. The van der Waals surface area contributed by atoms with Gasteiger partial charge in [0.05, 0.1) is 0 Å². The van der Waals surface area contributed by atoms with Crippen molar-refractivity contribution in [2.24, 2.45) is 5.92 Å². The summed E-state index contributed by atoms with van der Waals surface area (Å²) in [5, 5.41) is 0. The van der Waals surface area contributed by atoms with Crippen LogP contribution in [-0.2, 0) is 4.79 Å². The van der Waals surface area contributed by atoms with Gasteiger partial charge in [-0.3, -0.25) is 0 Å². The molecule has 0 saturated carbocycles. The molecular weight excluding hydrogens is 148 g/mol. The Balaban J connectivity index is 2.78. The van der Waals surface area contributed by atoms with Gasteiger partial charge in [0, 0.05) is 5.92 Å². The molecule has 0 aliphatic heterocycles. The van der Waals surface area contributed by atoms with Gasteiger partial charge in [0.15, 0.2) is 0 Å². The van der Waals surface area contributed by atoms with E-state index in [-0.39, 0.29) is 5.92 Å². The van der Waals surface area contributed by atoms with Gasteiger partial charge in [-0.05, 0) is 11.5 Å². The summed E-state index contributed by atoms with van der Waals surface area (Å²) in [4.78, 5) is 10.5. The van der Waals surface area contributed by atoms with E-state index in [1.54, 1.807) is 0 Å². The number of carbonyl (C=O) groups excluding carboxylic acids is 1. The van der Waals surface area contributed by atoms with E-state index in [4.69, 9.17) is 0 Å². The van der Waals surface area contributed by atoms with Gasteiger partial charge >= 0.3 is 0 Å². The standard InChI is InChI=1S/C11H14O/c1-9(8-12)10(2)11-6-4-3-5-7-11/h3-10H,1-2H3/t9-,10+/m1/s1. The molecule has 1 aromatic rings. The van der Waals surface area contributed by atoms with Crippen molar-refractivity contribution in [3.63, 3.8) is 0 Å². The first-order chi connectivity index (χ1) is 5.75. The molecule has 0 unspecified atom stereocenters. The van der Waals surface area contributed by atoms with Crippen molar-refractivity contribution < 1.29 is 4.79 Å². The maximum atomic E-state index is 10.5. The first-order valence-corrected chi connectivity index (χ1v) is 4.26. The lowest BCUT2D eigenvalue weighted by Crippen LogP contribution is -2.06. The SMILES string of the molecule is C[C@H](C=O)[C@H](C)c1ccccc1. The zero-order chi connectivity index (χ0) is 8.97. The van der Waals surface area contributed by atoms with Gasteiger partial charge in [0.2, 0.25) is 0 Å². The molecule has 1 nitrogen and oxygen atoms in total. The number of rotatable bonds is 3. The Morgan fingerprint density at radius 2 is 1.75 bits per heavy atom. The third kappa shape index (κ3) is 1.94. The summed E-state index contributed by atoms with van der Waals surface area (Å²) >= 11 is 0. The molecule has 1 rings (SSSR count). The van der Waals surface area contributed by atoms with E-state index < -0.39 is 0 Å². The largest absolute Gasteiger partial charge is 0.303 e. The van der Waals surface area contributed by atoms with Crippen molar-refractivity contribution in [2.45, 2.75) is 19.8 Å². The third-order valence-electron chi connectivity index (χ3n) is 2.33. The average molecular weight is 162 g/mol. The van der Waals surface area contributed by atoms with E-state index >= 15 is 0 Å². The lowest BCUT2D eigenvalue weighted by molar-refractivity contribution is -0.111. The number of carbonyl (C=O) groups is 1. The van der Waals surface area contributed by atoms with Crippen molar-refractivity contribution >= 4 is 6.29 Å². The van der Waals surface area contributed by atoms with E-state index in [9.17, 15) is 4.79 Å². The molecule has 0 aromatic heterocycles. The summed E-state index contributed by atoms with van der Waals surface area (Å²) in [5.41, 5.74) is 1.23. The van der Waals surface area contributed by atoms with Gasteiger partial charge in [0.1, 0.15) is 6.29 Å². The summed E-state index contributed by atoms with van der Waals surface area (Å²) in [6.07, 6.45) is 1.01. The second-order valence-electron chi connectivity index (χ2n) is 3.19. The van der Waals surface area contributed by atoms with Gasteiger partial charge in [-0.2, -0.15) is 0 Å². The van der Waals surface area contributed by atoms with E-state index in [0.29, 0.717) is 5.92 Å². The molecule has 0 amide bonds. The van der Waals surface area contributed by atoms with E-state index in [1.165, 1.54) is 5.56 Å². The third-order valence-corrected chi connectivity index (χ3v) is 2.33. The molecule has 0 aliphatic carbocycles. The molecule has 0 N–H and O–H groups in total. The van der Waals surface area contributed by atoms with Crippen LogP contribution in [0.5, 0.6) is 0 Å². The van der Waals surface area contributed by atoms with Crippen molar-refractivity contribution in [1.82, 2.24) is 0 Å². The molecule has 0 bridgehead atoms. The summed E-state index contributed by atoms with van der Waals surface area (Å²) < 4.78 is 0. The lowest BCUT2D eigenvalue weighted by atomic mass is 9.90. The highest BCUT2D eigenvalue weighted by atomic mass is 16.1. The Bertz CT molecular complexity index is 240. The molecular formula is C11H14O. The van der Waals surface area contributed by atoms with Gasteiger partial charge in [-0.1, -0.05) is 44.2 Å². The normalized spacial score (nSPS) is 15.2. The summed E-state index contributed by atoms with van der Waals surface area (Å²) in [6, 6.07) is 10.1. The molecule has 0 saturated heterocycles. The minimum absolute atomic E-state index is 0.104. The van der Waals surface area contributed by atoms with Crippen molar-refractivity contribution in [3.05, 3.63) is 35.9 Å². The highest BCUT2D eigenvalue weighted by Gasteiger charge is 2.11. The van der Waals surface area contributed by atoms with Crippen LogP contribution in [0.2, 0.25) is 0 Å². The lowest BCUT2D eigenvalue weighted by Gasteiger charge is -2.13. The van der Waals surface area contributed by atoms with Gasteiger partial charge in [-0.15, -0.1) is 0 Å². The minimum atomic E-state index is 0.104. The molecule has 0 fully saturated rings. The fourth-order valence-corrected chi connectivity index (χ4v) is 1.18. The second kappa shape index (κ2) is 4.05. The van der Waals surface area contributed by atoms with Crippen LogP contribution in [0.4, 0.5) is 0 Å². The van der Waals surface area contributed by atoms with E-state index in [0.717, 1.165) is 6.29 Å². The van der Waals surface area contributed by atoms with Crippen LogP contribution in [0, 0.1) is 5.92 Å². The van der Waals surface area contributed by atoms with Crippen molar-refractivity contribution in [3.8, 4) is 0 Å².